The second kappa shape index (κ2) is 12.1. The summed E-state index contributed by atoms with van der Waals surface area (Å²) in [6, 6.07) is 12.3. The van der Waals surface area contributed by atoms with E-state index in [0.717, 1.165) is 12.8 Å². The van der Waals surface area contributed by atoms with E-state index in [4.69, 9.17) is 43.5 Å². The highest BCUT2D eigenvalue weighted by molar-refractivity contribution is 6.42. The Morgan fingerprint density at radius 3 is 2.63 bits per heavy atom. The summed E-state index contributed by atoms with van der Waals surface area (Å²) in [4.78, 5) is 23.8. The number of carbonyl (C=O) groups is 1. The van der Waals surface area contributed by atoms with Crippen molar-refractivity contribution in [3.63, 3.8) is 0 Å². The van der Waals surface area contributed by atoms with E-state index < -0.39 is 0 Å². The number of methoxy groups -OCH3 is 1. The Bertz CT molecular complexity index is 1770. The van der Waals surface area contributed by atoms with E-state index >= 15 is 0 Å². The van der Waals surface area contributed by atoms with Gasteiger partial charge in [-0.15, -0.1) is 0 Å². The molecular weight excluding hydrogens is 589 g/mol. The monoisotopic (exact) mass is 619 g/mol. The van der Waals surface area contributed by atoms with Crippen LogP contribution in [0, 0.1) is 16.7 Å². The fourth-order valence-electron chi connectivity index (χ4n) is 5.10. The van der Waals surface area contributed by atoms with Crippen LogP contribution < -0.4 is 15.2 Å². The van der Waals surface area contributed by atoms with Crippen molar-refractivity contribution >= 4 is 46.0 Å². The number of rotatable bonds is 6. The third-order valence-electron chi connectivity index (χ3n) is 7.03. The Labute approximate surface area is 259 Å². The quantitative estimate of drug-likeness (QED) is 0.183. The molecule has 2 aromatic carbocycles. The zero-order valence-corrected chi connectivity index (χ0v) is 25.8. The second-order valence-corrected chi connectivity index (χ2v) is 12.2. The number of likely N-dealkylation sites (tertiary alicyclic amines) is 1. The van der Waals surface area contributed by atoms with E-state index in [0.29, 0.717) is 62.7 Å². The number of nitriles is 1. The first-order valence-electron chi connectivity index (χ1n) is 13.7. The first-order chi connectivity index (χ1) is 20.5. The van der Waals surface area contributed by atoms with Gasteiger partial charge in [-0.25, -0.2) is 14.6 Å². The molecule has 0 radical (unpaired) electrons. The standard InChI is InChI=1S/C31H31Cl2N7O3/c1-31(2,3)14-19(15-34)30(41)39-11-5-6-20(16-39)40-29-26(28(35)36-17-37-29)27(38-40)18-7-10-24(25(12-18)42-4)43-21-8-9-22(32)23(33)13-21/h7-10,12-14,17,20H,5-6,11,16H2,1-4H3,(H2,35,36,37)/b19-14-. The van der Waals surface area contributed by atoms with Crippen molar-refractivity contribution in [1.29, 1.82) is 5.26 Å². The van der Waals surface area contributed by atoms with Gasteiger partial charge in [-0.05, 0) is 48.6 Å². The van der Waals surface area contributed by atoms with Gasteiger partial charge in [0.15, 0.2) is 17.1 Å². The summed E-state index contributed by atoms with van der Waals surface area (Å²) in [7, 11) is 1.55. The molecule has 0 aliphatic carbocycles. The Kier molecular flexibility index (Phi) is 8.49. The molecule has 4 aromatic rings. The molecule has 0 saturated carbocycles. The van der Waals surface area contributed by atoms with Crippen molar-refractivity contribution in [3.8, 4) is 34.6 Å². The van der Waals surface area contributed by atoms with Gasteiger partial charge < -0.3 is 20.1 Å². The summed E-state index contributed by atoms with van der Waals surface area (Å²) >= 11 is 12.2. The summed E-state index contributed by atoms with van der Waals surface area (Å²) < 4.78 is 13.5. The van der Waals surface area contributed by atoms with Gasteiger partial charge in [-0.3, -0.25) is 4.79 Å². The third kappa shape index (κ3) is 6.38. The molecule has 1 atom stereocenters. The molecule has 10 nitrogen and oxygen atoms in total. The summed E-state index contributed by atoms with van der Waals surface area (Å²) in [6.45, 7) is 6.80. The zero-order valence-electron chi connectivity index (χ0n) is 24.3. The average Bonchev–Trinajstić information content (AvgIpc) is 3.38. The summed E-state index contributed by atoms with van der Waals surface area (Å²) in [6.07, 6.45) is 4.64. The number of halogens is 2. The molecule has 5 rings (SSSR count). The van der Waals surface area contributed by atoms with Crippen LogP contribution in [-0.4, -0.2) is 50.8 Å². The maximum Gasteiger partial charge on any atom is 0.264 e. The molecule has 12 heteroatoms. The first-order valence-corrected chi connectivity index (χ1v) is 14.5. The number of nitrogen functional groups attached to an aromatic ring is 1. The Morgan fingerprint density at radius 1 is 1.14 bits per heavy atom. The van der Waals surface area contributed by atoms with Crippen LogP contribution in [0.2, 0.25) is 10.0 Å². The average molecular weight is 621 g/mol. The number of fused-ring (bicyclic) bond motifs is 1. The van der Waals surface area contributed by atoms with Gasteiger partial charge in [0, 0.05) is 24.7 Å². The number of benzene rings is 2. The topological polar surface area (TPSA) is 132 Å². The third-order valence-corrected chi connectivity index (χ3v) is 7.77. The van der Waals surface area contributed by atoms with E-state index in [-0.39, 0.29) is 28.8 Å². The molecule has 43 heavy (non-hydrogen) atoms. The number of ether oxygens (including phenoxy) is 2. The van der Waals surface area contributed by atoms with Crippen molar-refractivity contribution < 1.29 is 14.3 Å². The number of anilines is 1. The lowest BCUT2D eigenvalue weighted by Gasteiger charge is -2.33. The molecule has 0 spiro atoms. The van der Waals surface area contributed by atoms with Crippen molar-refractivity contribution in [3.05, 3.63) is 64.4 Å². The van der Waals surface area contributed by atoms with E-state index in [1.165, 1.54) is 6.33 Å². The lowest BCUT2D eigenvalue weighted by Crippen LogP contribution is -2.41. The van der Waals surface area contributed by atoms with E-state index in [1.807, 2.05) is 31.5 Å². The van der Waals surface area contributed by atoms with Crippen LogP contribution in [0.25, 0.3) is 22.3 Å². The number of hydrogen-bond donors (Lipinski definition) is 1. The maximum atomic E-state index is 13.3. The number of carbonyl (C=O) groups excluding carboxylic acids is 1. The zero-order chi connectivity index (χ0) is 30.9. The van der Waals surface area contributed by atoms with E-state index in [1.54, 1.807) is 48.4 Å². The minimum atomic E-state index is -0.305. The number of nitrogens with two attached hydrogens (primary N) is 1. The molecule has 2 N–H and O–H groups in total. The maximum absolute atomic E-state index is 13.3. The normalized spacial score (nSPS) is 15.8. The Hall–Kier alpha value is -4.33. The SMILES string of the molecule is COc1cc(-c2nn(C3CCCN(C(=O)/C(C#N)=C\C(C)(C)C)C3)c3ncnc(N)c23)ccc1Oc1ccc(Cl)c(Cl)c1. The van der Waals surface area contributed by atoms with E-state index in [9.17, 15) is 10.1 Å². The van der Waals surface area contributed by atoms with Crippen LogP contribution in [-0.2, 0) is 4.79 Å². The second-order valence-electron chi connectivity index (χ2n) is 11.4. The Balaban J connectivity index is 1.50. The fourth-order valence-corrected chi connectivity index (χ4v) is 5.39. The number of amides is 1. The molecule has 1 saturated heterocycles. The highest BCUT2D eigenvalue weighted by Crippen LogP contribution is 2.40. The molecule has 1 fully saturated rings. The highest BCUT2D eigenvalue weighted by Gasteiger charge is 2.30. The van der Waals surface area contributed by atoms with Gasteiger partial charge in [-0.1, -0.05) is 50.0 Å². The molecular formula is C31H31Cl2N7O3. The summed E-state index contributed by atoms with van der Waals surface area (Å²) in [5.74, 6) is 1.43. The fraction of sp³-hybridized carbons (Fsp3) is 0.323. The van der Waals surface area contributed by atoms with Crippen LogP contribution >= 0.6 is 23.2 Å². The lowest BCUT2D eigenvalue weighted by molar-refractivity contribution is -0.128. The van der Waals surface area contributed by atoms with Gasteiger partial charge >= 0.3 is 0 Å². The molecule has 1 aliphatic rings. The minimum absolute atomic E-state index is 0.140. The van der Waals surface area contributed by atoms with Crippen LogP contribution in [0.3, 0.4) is 0 Å². The predicted octanol–water partition coefficient (Wildman–Crippen LogP) is 6.84. The molecule has 0 bridgehead atoms. The van der Waals surface area contributed by atoms with Crippen molar-refractivity contribution in [1.82, 2.24) is 24.6 Å². The van der Waals surface area contributed by atoms with Crippen LogP contribution in [0.1, 0.15) is 39.7 Å². The van der Waals surface area contributed by atoms with E-state index in [2.05, 4.69) is 16.0 Å². The Morgan fingerprint density at radius 2 is 1.93 bits per heavy atom. The molecule has 1 amide bonds. The molecule has 3 heterocycles. The molecule has 1 unspecified atom stereocenters. The van der Waals surface area contributed by atoms with Gasteiger partial charge in [-0.2, -0.15) is 10.4 Å². The highest BCUT2D eigenvalue weighted by atomic mass is 35.5. The lowest BCUT2D eigenvalue weighted by atomic mass is 9.93. The van der Waals surface area contributed by atoms with Crippen molar-refractivity contribution in [2.75, 3.05) is 25.9 Å². The number of hydrogen-bond acceptors (Lipinski definition) is 8. The smallest absolute Gasteiger partial charge is 0.264 e. The summed E-state index contributed by atoms with van der Waals surface area (Å²) in [5.41, 5.74) is 8.05. The molecule has 2 aromatic heterocycles. The molecule has 1 aliphatic heterocycles. The summed E-state index contributed by atoms with van der Waals surface area (Å²) in [5, 5.41) is 16.1. The van der Waals surface area contributed by atoms with Gasteiger partial charge in [0.1, 0.15) is 35.2 Å². The van der Waals surface area contributed by atoms with Crippen molar-refractivity contribution in [2.24, 2.45) is 5.41 Å². The van der Waals surface area contributed by atoms with Crippen LogP contribution in [0.15, 0.2) is 54.4 Å². The first kappa shape index (κ1) is 30.1. The van der Waals surface area contributed by atoms with Crippen molar-refractivity contribution in [2.45, 2.75) is 39.7 Å². The van der Waals surface area contributed by atoms with Gasteiger partial charge in [0.2, 0.25) is 0 Å². The van der Waals surface area contributed by atoms with Gasteiger partial charge in [0.25, 0.3) is 5.91 Å². The minimum Gasteiger partial charge on any atom is -0.493 e. The molecule has 222 valence electrons. The number of nitrogens with zero attached hydrogens (tertiary/aromatic N) is 6. The number of aromatic nitrogens is 4. The van der Waals surface area contributed by atoms with Crippen LogP contribution in [0.4, 0.5) is 5.82 Å². The number of piperidine rings is 1. The predicted molar refractivity (Wildman–Crippen MR) is 166 cm³/mol. The largest absolute Gasteiger partial charge is 0.493 e. The number of allylic oxidation sites excluding steroid dienone is 1. The van der Waals surface area contributed by atoms with Crippen LogP contribution in [0.5, 0.6) is 17.2 Å². The van der Waals surface area contributed by atoms with Gasteiger partial charge in [0.05, 0.1) is 28.6 Å².